The van der Waals surface area contributed by atoms with Crippen LogP contribution in [0.4, 0.5) is 11.4 Å². The summed E-state index contributed by atoms with van der Waals surface area (Å²) in [6, 6.07) is 22.5. The number of hydrogen-bond acceptors (Lipinski definition) is 4. The van der Waals surface area contributed by atoms with Crippen molar-refractivity contribution < 1.29 is 20.0 Å². The Kier molecular flexibility index (Phi) is 3.99. The van der Waals surface area contributed by atoms with Crippen molar-refractivity contribution in [2.45, 2.75) is 24.7 Å². The van der Waals surface area contributed by atoms with Gasteiger partial charge in [0, 0.05) is 17.4 Å². The topological polar surface area (TPSA) is 85.1 Å². The number of carbonyl (C=O) groups is 2. The summed E-state index contributed by atoms with van der Waals surface area (Å²) in [5, 5.41) is 20.4. The Bertz CT molecular complexity index is 1240. The van der Waals surface area contributed by atoms with Gasteiger partial charge >= 0.3 is 0 Å². The van der Waals surface area contributed by atoms with Crippen molar-refractivity contribution in [2.75, 3.05) is 4.90 Å². The van der Waals surface area contributed by atoms with Crippen LogP contribution in [0.3, 0.4) is 0 Å². The lowest BCUT2D eigenvalue weighted by molar-refractivity contribution is -0.990. The maximum Gasteiger partial charge on any atom is 0.239 e. The van der Waals surface area contributed by atoms with Crippen LogP contribution in [0.1, 0.15) is 41.5 Å². The maximum absolute atomic E-state index is 14.0. The standard InChI is InChI=1S/C26H22N2O4/c1-2-26-17-11-5-3-9-15(17)21(16-10-4-6-12-18(16)26)22-23(26)25(30)27(24(22)29)19-13-7-8-14-20(19)28(31)32/h3-14,21-23,28,31H,2H2,1H3/t21?,22-,23-,26?/m0/s1. The number of quaternary nitrogens is 1. The van der Waals surface area contributed by atoms with Gasteiger partial charge in [0.15, 0.2) is 5.69 Å². The summed E-state index contributed by atoms with van der Waals surface area (Å²) in [5.41, 5.74) is 3.92. The third-order valence-electron chi connectivity index (χ3n) is 7.73. The first-order valence-electron chi connectivity index (χ1n) is 10.9. The summed E-state index contributed by atoms with van der Waals surface area (Å²) < 4.78 is 0. The van der Waals surface area contributed by atoms with Crippen LogP contribution >= 0.6 is 0 Å². The van der Waals surface area contributed by atoms with Crippen LogP contribution in [0.5, 0.6) is 0 Å². The van der Waals surface area contributed by atoms with Crippen LogP contribution < -0.4 is 10.1 Å². The molecule has 0 spiro atoms. The van der Waals surface area contributed by atoms with Crippen molar-refractivity contribution in [1.29, 1.82) is 0 Å². The summed E-state index contributed by atoms with van der Waals surface area (Å²) in [5.74, 6) is -1.94. The predicted octanol–water partition coefficient (Wildman–Crippen LogP) is 3.05. The molecule has 7 rings (SSSR count). The van der Waals surface area contributed by atoms with E-state index in [2.05, 4.69) is 31.2 Å². The second kappa shape index (κ2) is 6.59. The van der Waals surface area contributed by atoms with Crippen molar-refractivity contribution in [3.63, 3.8) is 0 Å². The molecule has 32 heavy (non-hydrogen) atoms. The van der Waals surface area contributed by atoms with E-state index in [0.29, 0.717) is 6.42 Å². The molecule has 1 aliphatic heterocycles. The van der Waals surface area contributed by atoms with Crippen LogP contribution in [-0.4, -0.2) is 17.0 Å². The highest BCUT2D eigenvalue weighted by molar-refractivity contribution is 6.24. The summed E-state index contributed by atoms with van der Waals surface area (Å²) in [6.07, 6.45) is 0.669. The van der Waals surface area contributed by atoms with Crippen LogP contribution in [-0.2, 0) is 15.0 Å². The highest BCUT2D eigenvalue weighted by atomic mass is 16.8. The van der Waals surface area contributed by atoms with E-state index in [-0.39, 0.29) is 29.1 Å². The number of benzene rings is 3. The van der Waals surface area contributed by atoms with E-state index in [4.69, 9.17) is 0 Å². The summed E-state index contributed by atoms with van der Waals surface area (Å²) in [4.78, 5) is 29.1. The first kappa shape index (κ1) is 19.4. The van der Waals surface area contributed by atoms with Gasteiger partial charge in [0.1, 0.15) is 5.69 Å². The number of amides is 2. The molecule has 6 nitrogen and oxygen atoms in total. The van der Waals surface area contributed by atoms with Crippen molar-refractivity contribution in [2.24, 2.45) is 11.8 Å². The largest absolute Gasteiger partial charge is 0.595 e. The van der Waals surface area contributed by atoms with Gasteiger partial charge in [-0.25, -0.2) is 10.1 Å². The van der Waals surface area contributed by atoms with Crippen molar-refractivity contribution in [1.82, 2.24) is 0 Å². The number of nitrogens with one attached hydrogen (secondary N) is 1. The molecule has 160 valence electrons. The smallest absolute Gasteiger partial charge is 0.239 e. The second-order valence-corrected chi connectivity index (χ2v) is 8.81. The molecule has 3 aliphatic carbocycles. The lowest BCUT2D eigenvalue weighted by Crippen LogP contribution is -2.99. The normalized spacial score (nSPS) is 28.3. The lowest BCUT2D eigenvalue weighted by atomic mass is 9.46. The SMILES string of the molecule is CCC12c3ccccc3C(c3ccccc31)[C@@H]1C(=O)N(c3ccccc3[NH+]([O-])O)C(=O)[C@H]12. The molecule has 2 bridgehead atoms. The van der Waals surface area contributed by atoms with Gasteiger partial charge in [0.2, 0.25) is 11.8 Å². The van der Waals surface area contributed by atoms with E-state index in [1.54, 1.807) is 18.2 Å². The molecule has 6 heteroatoms. The molecule has 3 aromatic carbocycles. The van der Waals surface area contributed by atoms with Gasteiger partial charge in [-0.3, -0.25) is 9.59 Å². The van der Waals surface area contributed by atoms with Crippen molar-refractivity contribution >= 4 is 23.2 Å². The Balaban J connectivity index is 1.63. The third kappa shape index (κ3) is 2.14. The van der Waals surface area contributed by atoms with E-state index in [1.807, 2.05) is 24.3 Å². The highest BCUT2D eigenvalue weighted by Gasteiger charge is 2.67. The fraction of sp³-hybridized carbons (Fsp3) is 0.231. The molecule has 3 atom stereocenters. The Morgan fingerprint density at radius 1 is 0.906 bits per heavy atom. The lowest BCUT2D eigenvalue weighted by Gasteiger charge is -2.54. The van der Waals surface area contributed by atoms with Crippen molar-refractivity contribution in [3.05, 3.63) is 100 Å². The molecule has 3 aromatic rings. The summed E-state index contributed by atoms with van der Waals surface area (Å²) >= 11 is 0. The van der Waals surface area contributed by atoms with E-state index in [0.717, 1.165) is 27.2 Å². The van der Waals surface area contributed by atoms with Crippen LogP contribution in [0.2, 0.25) is 0 Å². The minimum atomic E-state index is -1.16. The summed E-state index contributed by atoms with van der Waals surface area (Å²) in [7, 11) is 0. The van der Waals surface area contributed by atoms with Crippen LogP contribution in [0, 0.1) is 17.0 Å². The average molecular weight is 426 g/mol. The Morgan fingerprint density at radius 3 is 2.06 bits per heavy atom. The molecule has 0 saturated carbocycles. The molecular weight excluding hydrogens is 404 g/mol. The molecule has 1 fully saturated rings. The average Bonchev–Trinajstić information content (AvgIpc) is 3.09. The van der Waals surface area contributed by atoms with E-state index >= 15 is 0 Å². The molecule has 2 amide bonds. The monoisotopic (exact) mass is 426 g/mol. The fourth-order valence-corrected chi connectivity index (χ4v) is 6.62. The molecule has 1 unspecified atom stereocenters. The van der Waals surface area contributed by atoms with Gasteiger partial charge in [0.05, 0.1) is 11.8 Å². The summed E-state index contributed by atoms with van der Waals surface area (Å²) in [6.45, 7) is 2.07. The molecule has 4 aliphatic rings. The number of nitrogens with zero attached hydrogens (tertiary/aromatic N) is 1. The highest BCUT2D eigenvalue weighted by Crippen LogP contribution is 2.65. The molecule has 1 saturated heterocycles. The van der Waals surface area contributed by atoms with Crippen molar-refractivity contribution in [3.8, 4) is 0 Å². The molecule has 0 radical (unpaired) electrons. The maximum atomic E-state index is 14.0. The van der Waals surface area contributed by atoms with Gasteiger partial charge in [-0.05, 0) is 34.7 Å². The Labute approximate surface area is 185 Å². The van der Waals surface area contributed by atoms with Gasteiger partial charge in [-0.1, -0.05) is 67.6 Å². The molecule has 2 N–H and O–H groups in total. The predicted molar refractivity (Wildman–Crippen MR) is 117 cm³/mol. The van der Waals surface area contributed by atoms with Gasteiger partial charge in [0.25, 0.3) is 0 Å². The Hall–Kier alpha value is -3.32. The zero-order valence-electron chi connectivity index (χ0n) is 17.5. The van der Waals surface area contributed by atoms with Gasteiger partial charge in [-0.2, -0.15) is 5.23 Å². The van der Waals surface area contributed by atoms with E-state index in [1.165, 1.54) is 6.07 Å². The number of rotatable bonds is 3. The first-order valence-corrected chi connectivity index (χ1v) is 10.9. The van der Waals surface area contributed by atoms with E-state index < -0.39 is 22.5 Å². The third-order valence-corrected chi connectivity index (χ3v) is 7.73. The molecule has 1 heterocycles. The molecular formula is C26H22N2O4. The zero-order chi connectivity index (χ0) is 22.2. The second-order valence-electron chi connectivity index (χ2n) is 8.81. The number of para-hydroxylation sites is 2. The molecule has 0 aromatic heterocycles. The number of hydrogen-bond donors (Lipinski definition) is 2. The number of imide groups is 1. The minimum Gasteiger partial charge on any atom is -0.595 e. The first-order chi connectivity index (χ1) is 15.5. The number of carbonyl (C=O) groups excluding carboxylic acids is 2. The minimum absolute atomic E-state index is 0.0410. The fourth-order valence-electron chi connectivity index (χ4n) is 6.62. The quantitative estimate of drug-likeness (QED) is 0.498. The zero-order valence-corrected chi connectivity index (χ0v) is 17.5. The van der Waals surface area contributed by atoms with Crippen LogP contribution in [0.25, 0.3) is 0 Å². The number of anilines is 1. The Morgan fingerprint density at radius 2 is 1.47 bits per heavy atom. The van der Waals surface area contributed by atoms with Gasteiger partial charge < -0.3 is 5.21 Å². The van der Waals surface area contributed by atoms with Gasteiger partial charge in [-0.15, -0.1) is 0 Å². The van der Waals surface area contributed by atoms with E-state index in [9.17, 15) is 20.0 Å². The van der Waals surface area contributed by atoms with Crippen LogP contribution in [0.15, 0.2) is 72.8 Å².